The SMILES string of the molecule is C[C@@H](c1nc(-c2cccc(C(F)(F)F)c2)no1)n1nnc(-c2ccccc2)n1. The van der Waals surface area contributed by atoms with Gasteiger partial charge < -0.3 is 4.52 Å². The third-order valence-corrected chi connectivity index (χ3v) is 4.05. The van der Waals surface area contributed by atoms with Gasteiger partial charge in [-0.15, -0.1) is 10.2 Å². The molecule has 0 saturated carbocycles. The van der Waals surface area contributed by atoms with Gasteiger partial charge in [0.25, 0.3) is 5.89 Å². The van der Waals surface area contributed by atoms with Crippen molar-refractivity contribution < 1.29 is 17.7 Å². The molecule has 10 heteroatoms. The summed E-state index contributed by atoms with van der Waals surface area (Å²) in [4.78, 5) is 5.50. The molecule has 0 amide bonds. The van der Waals surface area contributed by atoms with Crippen molar-refractivity contribution in [3.63, 3.8) is 0 Å². The molecule has 7 nitrogen and oxygen atoms in total. The third-order valence-electron chi connectivity index (χ3n) is 4.05. The largest absolute Gasteiger partial charge is 0.416 e. The lowest BCUT2D eigenvalue weighted by Gasteiger charge is -2.06. The number of tetrazole rings is 1. The van der Waals surface area contributed by atoms with Crippen molar-refractivity contribution in [3.8, 4) is 22.8 Å². The van der Waals surface area contributed by atoms with Gasteiger partial charge in [0.1, 0.15) is 6.04 Å². The van der Waals surface area contributed by atoms with Crippen molar-refractivity contribution in [1.29, 1.82) is 0 Å². The molecule has 2 heterocycles. The fourth-order valence-electron chi connectivity index (χ4n) is 2.55. The first kappa shape index (κ1) is 17.8. The van der Waals surface area contributed by atoms with E-state index in [2.05, 4.69) is 25.6 Å². The highest BCUT2D eigenvalue weighted by Crippen LogP contribution is 2.31. The number of hydrogen-bond donors (Lipinski definition) is 0. The Morgan fingerprint density at radius 2 is 1.71 bits per heavy atom. The molecule has 4 aromatic rings. The van der Waals surface area contributed by atoms with Gasteiger partial charge in [-0.3, -0.25) is 0 Å². The summed E-state index contributed by atoms with van der Waals surface area (Å²) in [6.07, 6.45) is -4.45. The maximum absolute atomic E-state index is 12.9. The lowest BCUT2D eigenvalue weighted by Crippen LogP contribution is -2.11. The Labute approximate surface area is 156 Å². The monoisotopic (exact) mass is 386 g/mol. The summed E-state index contributed by atoms with van der Waals surface area (Å²) in [7, 11) is 0. The highest BCUT2D eigenvalue weighted by atomic mass is 19.4. The van der Waals surface area contributed by atoms with E-state index in [1.54, 1.807) is 6.92 Å². The van der Waals surface area contributed by atoms with Crippen LogP contribution in [0.1, 0.15) is 24.4 Å². The van der Waals surface area contributed by atoms with Crippen LogP contribution in [0.4, 0.5) is 13.2 Å². The Kier molecular flexibility index (Phi) is 4.38. The predicted molar refractivity (Wildman–Crippen MR) is 91.8 cm³/mol. The Hall–Kier alpha value is -3.56. The van der Waals surface area contributed by atoms with Crippen molar-refractivity contribution in [2.45, 2.75) is 19.1 Å². The zero-order valence-corrected chi connectivity index (χ0v) is 14.5. The lowest BCUT2D eigenvalue weighted by molar-refractivity contribution is -0.137. The van der Waals surface area contributed by atoms with Gasteiger partial charge in [-0.1, -0.05) is 47.6 Å². The molecule has 0 aliphatic rings. The minimum absolute atomic E-state index is 0.0522. The van der Waals surface area contributed by atoms with Crippen LogP contribution in [0.15, 0.2) is 59.1 Å². The quantitative estimate of drug-likeness (QED) is 0.527. The van der Waals surface area contributed by atoms with Crippen LogP contribution in [0.3, 0.4) is 0 Å². The van der Waals surface area contributed by atoms with Gasteiger partial charge in [-0.25, -0.2) is 0 Å². The number of rotatable bonds is 4. The van der Waals surface area contributed by atoms with Gasteiger partial charge in [-0.05, 0) is 24.3 Å². The van der Waals surface area contributed by atoms with Crippen molar-refractivity contribution in [2.75, 3.05) is 0 Å². The second-order valence-corrected chi connectivity index (χ2v) is 6.01. The zero-order valence-electron chi connectivity index (χ0n) is 14.5. The molecule has 0 saturated heterocycles. The van der Waals surface area contributed by atoms with E-state index in [1.807, 2.05) is 30.3 Å². The molecule has 1 atom stereocenters. The summed E-state index contributed by atoms with van der Waals surface area (Å²) < 4.78 is 43.9. The second-order valence-electron chi connectivity index (χ2n) is 6.01. The number of benzene rings is 2. The lowest BCUT2D eigenvalue weighted by atomic mass is 10.1. The fraction of sp³-hybridized carbons (Fsp3) is 0.167. The molecule has 0 spiro atoms. The molecular formula is C18H13F3N6O. The topological polar surface area (TPSA) is 82.5 Å². The number of halogens is 3. The summed E-state index contributed by atoms with van der Waals surface area (Å²) in [5.41, 5.74) is 0.222. The van der Waals surface area contributed by atoms with Crippen LogP contribution in [0, 0.1) is 0 Å². The average Bonchev–Trinajstić information content (AvgIpc) is 3.38. The number of aromatic nitrogens is 6. The zero-order chi connectivity index (χ0) is 19.7. The molecule has 0 aliphatic carbocycles. The number of nitrogens with zero attached hydrogens (tertiary/aromatic N) is 6. The molecule has 28 heavy (non-hydrogen) atoms. The van der Waals surface area contributed by atoms with Crippen molar-refractivity contribution in [2.24, 2.45) is 0 Å². The van der Waals surface area contributed by atoms with E-state index in [4.69, 9.17) is 4.52 Å². The average molecular weight is 386 g/mol. The summed E-state index contributed by atoms with van der Waals surface area (Å²) in [6.45, 7) is 1.72. The molecule has 2 aromatic carbocycles. The standard InChI is InChI=1S/C18H13F3N6O/c1-11(27-24-16(23-26-27)12-6-3-2-4-7-12)17-22-15(25-28-17)13-8-5-9-14(10-13)18(19,20)21/h2-11H,1H3/t11-/m0/s1. The van der Waals surface area contributed by atoms with Crippen molar-refractivity contribution in [1.82, 2.24) is 30.3 Å². The van der Waals surface area contributed by atoms with Gasteiger partial charge >= 0.3 is 6.18 Å². The Morgan fingerprint density at radius 3 is 2.46 bits per heavy atom. The van der Waals surface area contributed by atoms with Crippen LogP contribution in [-0.4, -0.2) is 30.3 Å². The molecule has 0 aliphatic heterocycles. The van der Waals surface area contributed by atoms with Gasteiger partial charge in [0.15, 0.2) is 0 Å². The first-order valence-electron chi connectivity index (χ1n) is 8.28. The molecule has 0 radical (unpaired) electrons. The fourth-order valence-corrected chi connectivity index (χ4v) is 2.55. The summed E-state index contributed by atoms with van der Waals surface area (Å²) in [6, 6.07) is 13.5. The highest BCUT2D eigenvalue weighted by Gasteiger charge is 2.31. The predicted octanol–water partition coefficient (Wildman–Crippen LogP) is 4.02. The van der Waals surface area contributed by atoms with Gasteiger partial charge in [-0.2, -0.15) is 23.0 Å². The van der Waals surface area contributed by atoms with E-state index in [0.29, 0.717) is 5.82 Å². The van der Waals surface area contributed by atoms with E-state index in [1.165, 1.54) is 16.9 Å². The van der Waals surface area contributed by atoms with E-state index in [0.717, 1.165) is 17.7 Å². The highest BCUT2D eigenvalue weighted by molar-refractivity contribution is 5.56. The van der Waals surface area contributed by atoms with Gasteiger partial charge in [0.05, 0.1) is 5.56 Å². The van der Waals surface area contributed by atoms with Crippen LogP contribution < -0.4 is 0 Å². The molecule has 142 valence electrons. The first-order valence-corrected chi connectivity index (χ1v) is 8.28. The van der Waals surface area contributed by atoms with E-state index < -0.39 is 17.8 Å². The maximum Gasteiger partial charge on any atom is 0.416 e. The van der Waals surface area contributed by atoms with Crippen LogP contribution in [-0.2, 0) is 6.18 Å². The Morgan fingerprint density at radius 1 is 0.964 bits per heavy atom. The third kappa shape index (κ3) is 3.48. The number of hydrogen-bond acceptors (Lipinski definition) is 6. The molecule has 0 bridgehead atoms. The smallest absolute Gasteiger partial charge is 0.337 e. The summed E-state index contributed by atoms with van der Waals surface area (Å²) in [5, 5.41) is 16.1. The Balaban J connectivity index is 1.59. The Bertz CT molecular complexity index is 1090. The summed E-state index contributed by atoms with van der Waals surface area (Å²) >= 11 is 0. The van der Waals surface area contributed by atoms with Gasteiger partial charge in [0, 0.05) is 11.1 Å². The van der Waals surface area contributed by atoms with Gasteiger partial charge in [0.2, 0.25) is 11.6 Å². The normalized spacial score (nSPS) is 12.9. The molecule has 2 aromatic heterocycles. The van der Waals surface area contributed by atoms with Crippen LogP contribution >= 0.6 is 0 Å². The molecule has 4 rings (SSSR count). The maximum atomic E-state index is 12.9. The minimum Gasteiger partial charge on any atom is -0.337 e. The molecule has 0 unspecified atom stereocenters. The number of alkyl halides is 3. The molecule has 0 N–H and O–H groups in total. The molecular weight excluding hydrogens is 373 g/mol. The first-order chi connectivity index (χ1) is 13.4. The van der Waals surface area contributed by atoms with E-state index in [9.17, 15) is 13.2 Å². The van der Waals surface area contributed by atoms with Crippen LogP contribution in [0.25, 0.3) is 22.8 Å². The van der Waals surface area contributed by atoms with Crippen molar-refractivity contribution in [3.05, 3.63) is 66.1 Å². The van der Waals surface area contributed by atoms with Crippen LogP contribution in [0.2, 0.25) is 0 Å². The van der Waals surface area contributed by atoms with Crippen LogP contribution in [0.5, 0.6) is 0 Å². The summed E-state index contributed by atoms with van der Waals surface area (Å²) in [5.74, 6) is 0.644. The van der Waals surface area contributed by atoms with E-state index in [-0.39, 0.29) is 17.3 Å². The van der Waals surface area contributed by atoms with E-state index >= 15 is 0 Å². The van der Waals surface area contributed by atoms with Crippen molar-refractivity contribution >= 4 is 0 Å². The molecule has 0 fully saturated rings. The second kappa shape index (κ2) is 6.87. The minimum atomic E-state index is -4.45.